The molecule has 0 aliphatic heterocycles. The molecule has 3 aromatic heterocycles. The van der Waals surface area contributed by atoms with Crippen LogP contribution >= 0.6 is 11.3 Å². The molecule has 0 saturated heterocycles. The smallest absolute Gasteiger partial charge is 0.253 e. The Bertz CT molecular complexity index is 1370. The number of benzene rings is 1. The van der Waals surface area contributed by atoms with Crippen LogP contribution < -0.4 is 5.32 Å². The SMILES string of the molecule is Cc1ccc(-c2cc(C(=O)NCc3ccc(C(=O)N(C)C(C)C)cc3)c3cnn(C(C)C)c3n2)s1. The lowest BCUT2D eigenvalue weighted by atomic mass is 10.1. The maximum Gasteiger partial charge on any atom is 0.253 e. The Balaban J connectivity index is 1.58. The highest BCUT2D eigenvalue weighted by atomic mass is 32.1. The van der Waals surface area contributed by atoms with Crippen molar-refractivity contribution >= 4 is 34.2 Å². The van der Waals surface area contributed by atoms with Crippen molar-refractivity contribution < 1.29 is 9.59 Å². The number of carbonyl (C=O) groups excluding carboxylic acids is 2. The Morgan fingerprint density at radius 2 is 1.80 bits per heavy atom. The van der Waals surface area contributed by atoms with Gasteiger partial charge in [0.1, 0.15) is 0 Å². The van der Waals surface area contributed by atoms with Crippen LogP contribution in [-0.2, 0) is 6.54 Å². The topological polar surface area (TPSA) is 80.1 Å². The van der Waals surface area contributed by atoms with Crippen molar-refractivity contribution in [1.82, 2.24) is 25.0 Å². The number of pyridine rings is 1. The Labute approximate surface area is 209 Å². The van der Waals surface area contributed by atoms with Gasteiger partial charge in [0.05, 0.1) is 27.7 Å². The summed E-state index contributed by atoms with van der Waals surface area (Å²) in [4.78, 5) is 34.6. The maximum absolute atomic E-state index is 13.3. The third-order valence-corrected chi connectivity index (χ3v) is 7.07. The number of amides is 2. The largest absolute Gasteiger partial charge is 0.348 e. The Morgan fingerprint density at radius 1 is 1.09 bits per heavy atom. The zero-order valence-electron chi connectivity index (χ0n) is 21.0. The van der Waals surface area contributed by atoms with E-state index in [0.29, 0.717) is 23.3 Å². The van der Waals surface area contributed by atoms with Gasteiger partial charge < -0.3 is 10.2 Å². The fourth-order valence-corrected chi connectivity index (χ4v) is 4.59. The van der Waals surface area contributed by atoms with Gasteiger partial charge in [-0.3, -0.25) is 9.59 Å². The summed E-state index contributed by atoms with van der Waals surface area (Å²) in [5.41, 5.74) is 3.56. The van der Waals surface area contributed by atoms with Crippen LogP contribution in [0.2, 0.25) is 0 Å². The van der Waals surface area contributed by atoms with E-state index in [2.05, 4.69) is 23.4 Å². The molecule has 7 nitrogen and oxygen atoms in total. The molecule has 8 heteroatoms. The first-order valence-corrected chi connectivity index (χ1v) is 12.6. The maximum atomic E-state index is 13.3. The number of thiophene rings is 1. The van der Waals surface area contributed by atoms with Crippen LogP contribution in [0.4, 0.5) is 0 Å². The molecule has 3 heterocycles. The van der Waals surface area contributed by atoms with Crippen molar-refractivity contribution in [3.63, 3.8) is 0 Å². The summed E-state index contributed by atoms with van der Waals surface area (Å²) in [5, 5.41) is 8.24. The second kappa shape index (κ2) is 10.00. The van der Waals surface area contributed by atoms with Crippen molar-refractivity contribution in [1.29, 1.82) is 0 Å². The van der Waals surface area contributed by atoms with Gasteiger partial charge >= 0.3 is 0 Å². The summed E-state index contributed by atoms with van der Waals surface area (Å²) in [5.74, 6) is -0.205. The lowest BCUT2D eigenvalue weighted by Crippen LogP contribution is -2.32. The Kier molecular flexibility index (Phi) is 7.03. The molecule has 2 amide bonds. The number of hydrogen-bond acceptors (Lipinski definition) is 5. The molecule has 0 unspecified atom stereocenters. The molecule has 4 rings (SSSR count). The van der Waals surface area contributed by atoms with E-state index < -0.39 is 0 Å². The molecular weight excluding hydrogens is 458 g/mol. The fraction of sp³-hybridized carbons (Fsp3) is 0.333. The van der Waals surface area contributed by atoms with E-state index in [0.717, 1.165) is 21.5 Å². The summed E-state index contributed by atoms with van der Waals surface area (Å²) in [6.45, 7) is 10.5. The van der Waals surface area contributed by atoms with Crippen molar-refractivity contribution in [2.24, 2.45) is 0 Å². The number of nitrogens with one attached hydrogen (secondary N) is 1. The number of carbonyl (C=O) groups is 2. The minimum absolute atomic E-state index is 0.0201. The van der Waals surface area contributed by atoms with Crippen LogP contribution in [0.5, 0.6) is 0 Å². The molecule has 4 aromatic rings. The van der Waals surface area contributed by atoms with Crippen molar-refractivity contribution in [2.75, 3.05) is 7.05 Å². The third-order valence-electron chi connectivity index (χ3n) is 6.04. The summed E-state index contributed by atoms with van der Waals surface area (Å²) < 4.78 is 1.85. The predicted molar refractivity (Wildman–Crippen MR) is 141 cm³/mol. The molecule has 0 aliphatic rings. The van der Waals surface area contributed by atoms with Gasteiger partial charge in [-0.15, -0.1) is 11.3 Å². The van der Waals surface area contributed by atoms with E-state index in [4.69, 9.17) is 4.98 Å². The van der Waals surface area contributed by atoms with Crippen LogP contribution in [0.1, 0.15) is 64.9 Å². The van der Waals surface area contributed by atoms with E-state index in [-0.39, 0.29) is 23.9 Å². The molecule has 0 atom stereocenters. The van der Waals surface area contributed by atoms with Gasteiger partial charge in [0.25, 0.3) is 11.8 Å². The van der Waals surface area contributed by atoms with Gasteiger partial charge in [0, 0.05) is 36.1 Å². The molecule has 1 aromatic carbocycles. The molecular formula is C27H31N5O2S. The highest BCUT2D eigenvalue weighted by Crippen LogP contribution is 2.30. The van der Waals surface area contributed by atoms with Gasteiger partial charge in [0.2, 0.25) is 0 Å². The van der Waals surface area contributed by atoms with Crippen molar-refractivity contribution in [2.45, 2.75) is 53.2 Å². The minimum atomic E-state index is -0.185. The molecule has 0 bridgehead atoms. The minimum Gasteiger partial charge on any atom is -0.348 e. The predicted octanol–water partition coefficient (Wildman–Crippen LogP) is 5.46. The standard InChI is InChI=1S/C27H31N5O2S/c1-16(2)31(6)27(34)20-10-8-19(9-11-20)14-28-26(33)21-13-23(24-12-7-18(5)35-24)30-25-22(21)15-29-32(25)17(3)4/h7-13,15-17H,14H2,1-6H3,(H,28,33). The summed E-state index contributed by atoms with van der Waals surface area (Å²) >= 11 is 1.65. The highest BCUT2D eigenvalue weighted by Gasteiger charge is 2.19. The van der Waals surface area contributed by atoms with Crippen LogP contribution in [0.15, 0.2) is 48.7 Å². The molecule has 182 valence electrons. The molecule has 0 radical (unpaired) electrons. The van der Waals surface area contributed by atoms with E-state index in [1.807, 2.05) is 56.6 Å². The number of fused-ring (bicyclic) bond motifs is 1. The third kappa shape index (κ3) is 5.12. The number of aryl methyl sites for hydroxylation is 1. The summed E-state index contributed by atoms with van der Waals surface area (Å²) in [7, 11) is 1.80. The molecule has 0 spiro atoms. The molecule has 0 aliphatic carbocycles. The number of nitrogens with zero attached hydrogens (tertiary/aromatic N) is 4. The van der Waals surface area contributed by atoms with Crippen LogP contribution in [-0.4, -0.2) is 44.6 Å². The first-order chi connectivity index (χ1) is 16.7. The van der Waals surface area contributed by atoms with Crippen LogP contribution in [0, 0.1) is 6.92 Å². The fourth-order valence-electron chi connectivity index (χ4n) is 3.76. The Morgan fingerprint density at radius 3 is 2.40 bits per heavy atom. The Hall–Kier alpha value is -3.52. The lowest BCUT2D eigenvalue weighted by molar-refractivity contribution is 0.0754. The van der Waals surface area contributed by atoms with Gasteiger partial charge in [-0.05, 0) is 70.5 Å². The van der Waals surface area contributed by atoms with Crippen molar-refractivity contribution in [3.8, 4) is 10.6 Å². The zero-order valence-corrected chi connectivity index (χ0v) is 21.8. The zero-order chi connectivity index (χ0) is 25.3. The van der Waals surface area contributed by atoms with Crippen molar-refractivity contribution in [3.05, 3.63) is 70.2 Å². The quantitative estimate of drug-likeness (QED) is 0.374. The average Bonchev–Trinajstić information content (AvgIpc) is 3.47. The van der Waals surface area contributed by atoms with Crippen LogP contribution in [0.3, 0.4) is 0 Å². The van der Waals surface area contributed by atoms with E-state index in [9.17, 15) is 9.59 Å². The number of aromatic nitrogens is 3. The molecule has 0 fully saturated rings. The summed E-state index contributed by atoms with van der Waals surface area (Å²) in [6, 6.07) is 13.5. The lowest BCUT2D eigenvalue weighted by Gasteiger charge is -2.21. The van der Waals surface area contributed by atoms with Gasteiger partial charge in [-0.1, -0.05) is 12.1 Å². The van der Waals surface area contributed by atoms with E-state index in [1.165, 1.54) is 4.88 Å². The second-order valence-corrected chi connectivity index (χ2v) is 10.6. The van der Waals surface area contributed by atoms with E-state index in [1.54, 1.807) is 41.6 Å². The first kappa shape index (κ1) is 24.6. The first-order valence-electron chi connectivity index (χ1n) is 11.7. The molecule has 0 saturated carbocycles. The second-order valence-electron chi connectivity index (χ2n) is 9.27. The molecule has 35 heavy (non-hydrogen) atoms. The van der Waals surface area contributed by atoms with Gasteiger partial charge in [0.15, 0.2) is 5.65 Å². The average molecular weight is 490 g/mol. The van der Waals surface area contributed by atoms with Crippen LogP contribution in [0.25, 0.3) is 21.6 Å². The number of hydrogen-bond donors (Lipinski definition) is 1. The van der Waals surface area contributed by atoms with Gasteiger partial charge in [-0.25, -0.2) is 9.67 Å². The normalized spacial score (nSPS) is 11.4. The monoisotopic (exact) mass is 489 g/mol. The molecule has 1 N–H and O–H groups in total. The highest BCUT2D eigenvalue weighted by molar-refractivity contribution is 7.15. The van der Waals surface area contributed by atoms with E-state index >= 15 is 0 Å². The van der Waals surface area contributed by atoms with Gasteiger partial charge in [-0.2, -0.15) is 5.10 Å². The number of rotatable bonds is 7. The summed E-state index contributed by atoms with van der Waals surface area (Å²) in [6.07, 6.45) is 1.71.